The summed E-state index contributed by atoms with van der Waals surface area (Å²) in [5, 5.41) is 14.5. The minimum absolute atomic E-state index is 0.0459. The number of nitriles is 1. The van der Waals surface area contributed by atoms with Gasteiger partial charge in [-0.05, 0) is 81.8 Å². The number of piperidine rings is 1. The van der Waals surface area contributed by atoms with Crippen LogP contribution in [0.4, 0.5) is 10.5 Å². The maximum atomic E-state index is 13.2. The van der Waals surface area contributed by atoms with Gasteiger partial charge in [0.15, 0.2) is 0 Å². The van der Waals surface area contributed by atoms with Gasteiger partial charge in [-0.1, -0.05) is 18.2 Å². The quantitative estimate of drug-likeness (QED) is 0.483. The highest BCUT2D eigenvalue weighted by atomic mass is 32.2. The zero-order valence-electron chi connectivity index (χ0n) is 21.8. The number of sulfonamides is 1. The molecule has 1 aliphatic heterocycles. The van der Waals surface area contributed by atoms with Crippen LogP contribution in [-0.2, 0) is 10.0 Å². The number of hydrogen-bond acceptors (Lipinski definition) is 5. The van der Waals surface area contributed by atoms with Crippen molar-refractivity contribution in [3.05, 3.63) is 64.7 Å². The van der Waals surface area contributed by atoms with Crippen LogP contribution in [0.1, 0.15) is 66.6 Å². The topological polar surface area (TPSA) is 131 Å². The second kappa shape index (κ2) is 11.8. The average molecular weight is 526 g/mol. The Kier molecular flexibility index (Phi) is 8.94. The van der Waals surface area contributed by atoms with Crippen LogP contribution in [-0.4, -0.2) is 56.2 Å². The van der Waals surface area contributed by atoms with Crippen LogP contribution in [0.2, 0.25) is 0 Å². The second-order valence-corrected chi connectivity index (χ2v) is 12.0. The molecule has 2 aromatic carbocycles. The Labute approximate surface area is 219 Å². The van der Waals surface area contributed by atoms with Crippen molar-refractivity contribution in [3.63, 3.8) is 0 Å². The third kappa shape index (κ3) is 7.78. The van der Waals surface area contributed by atoms with E-state index in [1.165, 1.54) is 5.56 Å². The molecule has 3 amide bonds. The van der Waals surface area contributed by atoms with Gasteiger partial charge in [0, 0.05) is 36.4 Å². The molecule has 1 heterocycles. The number of nitrogens with one attached hydrogen (secondary N) is 3. The zero-order valence-corrected chi connectivity index (χ0v) is 22.6. The largest absolute Gasteiger partial charge is 0.339 e. The molecule has 0 radical (unpaired) electrons. The van der Waals surface area contributed by atoms with Gasteiger partial charge in [0.05, 0.1) is 17.4 Å². The van der Waals surface area contributed by atoms with E-state index in [0.717, 1.165) is 18.4 Å². The summed E-state index contributed by atoms with van der Waals surface area (Å²) in [5.41, 5.74) is 2.78. The van der Waals surface area contributed by atoms with Gasteiger partial charge < -0.3 is 15.5 Å². The van der Waals surface area contributed by atoms with E-state index in [-0.39, 0.29) is 18.2 Å². The number of benzene rings is 2. The molecule has 198 valence electrons. The number of likely N-dealkylation sites (tertiary alicyclic amines) is 1. The highest BCUT2D eigenvalue weighted by molar-refractivity contribution is 7.89. The molecule has 1 aliphatic rings. The molecular weight excluding hydrogens is 490 g/mol. The minimum atomic E-state index is -3.41. The van der Waals surface area contributed by atoms with Crippen LogP contribution < -0.4 is 15.4 Å². The molecule has 0 aliphatic carbocycles. The van der Waals surface area contributed by atoms with Gasteiger partial charge in [0.2, 0.25) is 10.0 Å². The Morgan fingerprint density at radius 3 is 2.35 bits per heavy atom. The number of carbonyl (C=O) groups is 2. The first kappa shape index (κ1) is 28.2. The van der Waals surface area contributed by atoms with Crippen molar-refractivity contribution in [2.24, 2.45) is 0 Å². The molecule has 3 rings (SSSR count). The van der Waals surface area contributed by atoms with Crippen LogP contribution in [0.5, 0.6) is 0 Å². The second-order valence-electron chi connectivity index (χ2n) is 10.0. The molecule has 37 heavy (non-hydrogen) atoms. The first-order valence-electron chi connectivity index (χ1n) is 12.4. The van der Waals surface area contributed by atoms with E-state index >= 15 is 0 Å². The SMILES string of the molecule is CCS(=O)(=O)NC(C)(C)CNC(=O)Nc1cc(C(=O)N2CCC(c3ccc(C#N)cc3)CC2)ccc1C. The molecule has 0 atom stereocenters. The predicted molar refractivity (Wildman–Crippen MR) is 144 cm³/mol. The van der Waals surface area contributed by atoms with E-state index in [4.69, 9.17) is 5.26 Å². The lowest BCUT2D eigenvalue weighted by Gasteiger charge is -2.32. The van der Waals surface area contributed by atoms with Crippen LogP contribution in [0.3, 0.4) is 0 Å². The fraction of sp³-hybridized carbons (Fsp3) is 0.444. The maximum Gasteiger partial charge on any atom is 0.319 e. The summed E-state index contributed by atoms with van der Waals surface area (Å²) >= 11 is 0. The standard InChI is InChI=1S/C27H35N5O4S/c1-5-37(35,36)31-27(3,4)18-29-26(34)30-24-16-23(9-6-19(24)2)25(33)32-14-12-22(13-15-32)21-10-7-20(17-28)8-11-21/h6-11,16,22,31H,5,12-15,18H2,1-4H3,(H2,29,30,34). The van der Waals surface area contributed by atoms with Crippen molar-refractivity contribution >= 4 is 27.6 Å². The Balaban J connectivity index is 1.58. The fourth-order valence-electron chi connectivity index (χ4n) is 4.31. The molecule has 3 N–H and O–H groups in total. The van der Waals surface area contributed by atoms with Crippen LogP contribution in [0, 0.1) is 18.3 Å². The molecule has 0 bridgehead atoms. The van der Waals surface area contributed by atoms with Gasteiger partial charge in [0.1, 0.15) is 0 Å². The summed E-state index contributed by atoms with van der Waals surface area (Å²) in [6.45, 7) is 8.11. The minimum Gasteiger partial charge on any atom is -0.339 e. The number of amides is 3. The first-order chi connectivity index (χ1) is 17.4. The third-order valence-electron chi connectivity index (χ3n) is 6.53. The van der Waals surface area contributed by atoms with Crippen LogP contribution in [0.15, 0.2) is 42.5 Å². The van der Waals surface area contributed by atoms with E-state index in [9.17, 15) is 18.0 Å². The summed E-state index contributed by atoms with van der Waals surface area (Å²) in [7, 11) is -3.41. The molecule has 0 unspecified atom stereocenters. The van der Waals surface area contributed by atoms with Crippen molar-refractivity contribution in [1.29, 1.82) is 5.26 Å². The van der Waals surface area contributed by atoms with Gasteiger partial charge in [-0.2, -0.15) is 5.26 Å². The number of nitrogens with zero attached hydrogens (tertiary/aromatic N) is 2. The van der Waals surface area contributed by atoms with E-state index in [1.807, 2.05) is 36.1 Å². The Bertz CT molecular complexity index is 1270. The van der Waals surface area contributed by atoms with E-state index in [2.05, 4.69) is 21.4 Å². The molecule has 1 fully saturated rings. The summed E-state index contributed by atoms with van der Waals surface area (Å²) in [5.74, 6) is 0.217. The summed E-state index contributed by atoms with van der Waals surface area (Å²) in [6.07, 6.45) is 1.68. The van der Waals surface area contributed by atoms with Crippen molar-refractivity contribution in [1.82, 2.24) is 14.9 Å². The highest BCUT2D eigenvalue weighted by Gasteiger charge is 2.26. The van der Waals surface area contributed by atoms with Crippen LogP contribution >= 0.6 is 0 Å². The van der Waals surface area contributed by atoms with Gasteiger partial charge >= 0.3 is 6.03 Å². The number of hydrogen-bond donors (Lipinski definition) is 3. The smallest absolute Gasteiger partial charge is 0.319 e. The van der Waals surface area contributed by atoms with Gasteiger partial charge in [-0.3, -0.25) is 4.79 Å². The van der Waals surface area contributed by atoms with Gasteiger partial charge in [-0.25, -0.2) is 17.9 Å². The highest BCUT2D eigenvalue weighted by Crippen LogP contribution is 2.29. The molecule has 0 spiro atoms. The van der Waals surface area contributed by atoms with Crippen molar-refractivity contribution in [2.75, 3.05) is 30.7 Å². The van der Waals surface area contributed by atoms with Crippen molar-refractivity contribution < 1.29 is 18.0 Å². The number of aryl methyl sites for hydroxylation is 1. The Morgan fingerprint density at radius 2 is 1.76 bits per heavy atom. The Morgan fingerprint density at radius 1 is 1.11 bits per heavy atom. The number of rotatable bonds is 8. The molecule has 0 aromatic heterocycles. The molecule has 10 heteroatoms. The van der Waals surface area contributed by atoms with E-state index in [0.29, 0.717) is 35.8 Å². The molecule has 0 saturated carbocycles. The normalized spacial score (nSPS) is 14.6. The fourth-order valence-corrected chi connectivity index (χ4v) is 5.37. The number of anilines is 1. The third-order valence-corrected chi connectivity index (χ3v) is 8.15. The Hall–Kier alpha value is -3.42. The summed E-state index contributed by atoms with van der Waals surface area (Å²) < 4.78 is 26.3. The number of carbonyl (C=O) groups excluding carboxylic acids is 2. The maximum absolute atomic E-state index is 13.2. The molecule has 1 saturated heterocycles. The monoisotopic (exact) mass is 525 g/mol. The van der Waals surface area contributed by atoms with Crippen LogP contribution in [0.25, 0.3) is 0 Å². The average Bonchev–Trinajstić information content (AvgIpc) is 2.88. The predicted octanol–water partition coefficient (Wildman–Crippen LogP) is 3.73. The lowest BCUT2D eigenvalue weighted by atomic mass is 9.89. The summed E-state index contributed by atoms with van der Waals surface area (Å²) in [6, 6.07) is 14.5. The first-order valence-corrected chi connectivity index (χ1v) is 14.0. The molecular formula is C27H35N5O4S. The van der Waals surface area contributed by atoms with Gasteiger partial charge in [-0.15, -0.1) is 0 Å². The van der Waals surface area contributed by atoms with Gasteiger partial charge in [0.25, 0.3) is 5.91 Å². The van der Waals surface area contributed by atoms with Crippen molar-refractivity contribution in [3.8, 4) is 6.07 Å². The lowest BCUT2D eigenvalue weighted by Crippen LogP contribution is -2.52. The summed E-state index contributed by atoms with van der Waals surface area (Å²) in [4.78, 5) is 27.5. The molecule has 9 nitrogen and oxygen atoms in total. The number of urea groups is 1. The van der Waals surface area contributed by atoms with E-state index < -0.39 is 21.6 Å². The zero-order chi connectivity index (χ0) is 27.2. The van der Waals surface area contributed by atoms with Crippen molar-refractivity contribution in [2.45, 2.75) is 52.0 Å². The van der Waals surface area contributed by atoms with E-state index in [1.54, 1.807) is 39.0 Å². The molecule has 2 aromatic rings. The lowest BCUT2D eigenvalue weighted by molar-refractivity contribution is 0.0713.